The summed E-state index contributed by atoms with van der Waals surface area (Å²) in [5, 5.41) is 9.26. The largest absolute Gasteiger partial charge is 0.478 e. The number of allylic oxidation sites excluding steroid dienone is 1. The zero-order valence-electron chi connectivity index (χ0n) is 9.77. The number of carbonyl (C=O) groups is 2. The predicted octanol–water partition coefficient (Wildman–Crippen LogP) is 2.49. The first kappa shape index (κ1) is 14.1. The Kier molecular flexibility index (Phi) is 4.74. The van der Waals surface area contributed by atoms with Gasteiger partial charge in [-0.05, 0) is 31.2 Å². The molecule has 0 aliphatic heterocycles. The number of hydrogen-bond donors (Lipinski definition) is 1. The lowest BCUT2D eigenvalue weighted by molar-refractivity contribution is -0.138. The summed E-state index contributed by atoms with van der Waals surface area (Å²) < 4.78 is 9.70. The highest BCUT2D eigenvalue weighted by atomic mass is 35.5. The Bertz CT molecular complexity index is 507. The minimum absolute atomic E-state index is 0.0189. The highest BCUT2D eigenvalue weighted by molar-refractivity contribution is 6.31. The van der Waals surface area contributed by atoms with Gasteiger partial charge in [0.25, 0.3) is 0 Å². The van der Waals surface area contributed by atoms with Crippen LogP contribution in [0.1, 0.15) is 17.3 Å². The summed E-state index contributed by atoms with van der Waals surface area (Å²) in [5.74, 6) is -1.97. The molecular formula is C12H11ClO5. The predicted molar refractivity (Wildman–Crippen MR) is 64.8 cm³/mol. The van der Waals surface area contributed by atoms with Crippen molar-refractivity contribution in [3.8, 4) is 5.75 Å². The molecular weight excluding hydrogens is 260 g/mol. The van der Waals surface area contributed by atoms with Gasteiger partial charge in [0.05, 0.1) is 7.11 Å². The van der Waals surface area contributed by atoms with Crippen LogP contribution in [0.15, 0.2) is 30.0 Å². The number of methoxy groups -OCH3 is 1. The summed E-state index contributed by atoms with van der Waals surface area (Å²) >= 11 is 5.70. The number of carbonyl (C=O) groups excluding carboxylic acids is 1. The third-order valence-corrected chi connectivity index (χ3v) is 2.28. The first-order chi connectivity index (χ1) is 8.49. The van der Waals surface area contributed by atoms with Crippen LogP contribution >= 0.6 is 11.6 Å². The molecule has 0 amide bonds. The van der Waals surface area contributed by atoms with Gasteiger partial charge in [-0.3, -0.25) is 0 Å². The van der Waals surface area contributed by atoms with Crippen LogP contribution in [0.5, 0.6) is 5.75 Å². The minimum atomic E-state index is -1.20. The summed E-state index contributed by atoms with van der Waals surface area (Å²) in [6.45, 7) is 1.57. The maximum absolute atomic E-state index is 11.3. The Morgan fingerprint density at radius 2 is 2.06 bits per heavy atom. The molecule has 96 valence electrons. The summed E-state index contributed by atoms with van der Waals surface area (Å²) in [5.41, 5.74) is -0.134. The van der Waals surface area contributed by atoms with Crippen LogP contribution in [0, 0.1) is 0 Å². The van der Waals surface area contributed by atoms with E-state index >= 15 is 0 Å². The van der Waals surface area contributed by atoms with Crippen molar-refractivity contribution in [3.05, 3.63) is 40.6 Å². The number of hydrogen-bond acceptors (Lipinski definition) is 4. The number of benzene rings is 1. The second kappa shape index (κ2) is 6.07. The van der Waals surface area contributed by atoms with Crippen LogP contribution in [0.3, 0.4) is 0 Å². The van der Waals surface area contributed by atoms with Gasteiger partial charge < -0.3 is 14.6 Å². The summed E-state index contributed by atoms with van der Waals surface area (Å²) in [4.78, 5) is 22.3. The van der Waals surface area contributed by atoms with Gasteiger partial charge in [0.2, 0.25) is 5.76 Å². The van der Waals surface area contributed by atoms with Crippen molar-refractivity contribution < 1.29 is 24.2 Å². The number of carboxylic acid groups (broad SMARTS) is 1. The number of ether oxygens (including phenoxy) is 2. The quantitative estimate of drug-likeness (QED) is 0.517. The zero-order valence-corrected chi connectivity index (χ0v) is 10.5. The molecule has 0 spiro atoms. The lowest BCUT2D eigenvalue weighted by Crippen LogP contribution is -2.12. The molecule has 0 radical (unpaired) electrons. The molecule has 0 saturated heterocycles. The van der Waals surface area contributed by atoms with E-state index in [1.807, 2.05) is 0 Å². The van der Waals surface area contributed by atoms with Crippen LogP contribution < -0.4 is 4.74 Å². The maximum Gasteiger partial charge on any atom is 0.373 e. The molecule has 0 bridgehead atoms. The zero-order chi connectivity index (χ0) is 13.7. The van der Waals surface area contributed by atoms with Gasteiger partial charge in [-0.1, -0.05) is 11.6 Å². The van der Waals surface area contributed by atoms with Crippen molar-refractivity contribution in [1.82, 2.24) is 0 Å². The van der Waals surface area contributed by atoms with Crippen molar-refractivity contribution in [2.75, 3.05) is 7.11 Å². The first-order valence-electron chi connectivity index (χ1n) is 4.95. The van der Waals surface area contributed by atoms with Crippen LogP contribution in [-0.4, -0.2) is 24.2 Å². The van der Waals surface area contributed by atoms with Crippen LogP contribution in [0.25, 0.3) is 0 Å². The fourth-order valence-electron chi connectivity index (χ4n) is 1.20. The molecule has 5 nitrogen and oxygen atoms in total. The SMILES string of the molecule is CC=C(Oc1ccc(Cl)cc1C(=O)O)C(=O)OC. The van der Waals surface area contributed by atoms with Gasteiger partial charge in [-0.15, -0.1) is 0 Å². The third-order valence-electron chi connectivity index (χ3n) is 2.04. The van der Waals surface area contributed by atoms with Crippen molar-refractivity contribution in [2.24, 2.45) is 0 Å². The molecule has 1 rings (SSSR count). The summed E-state index contributed by atoms with van der Waals surface area (Å²) in [6.07, 6.45) is 1.38. The lowest BCUT2D eigenvalue weighted by atomic mass is 10.2. The maximum atomic E-state index is 11.3. The number of carboxylic acids is 1. The van der Waals surface area contributed by atoms with Gasteiger partial charge in [-0.2, -0.15) is 0 Å². The van der Waals surface area contributed by atoms with Gasteiger partial charge in [0.1, 0.15) is 11.3 Å². The number of aromatic carboxylic acids is 1. The molecule has 0 unspecified atom stereocenters. The van der Waals surface area contributed by atoms with Gasteiger partial charge in [0, 0.05) is 5.02 Å². The molecule has 1 N–H and O–H groups in total. The minimum Gasteiger partial charge on any atom is -0.478 e. The highest BCUT2D eigenvalue weighted by Gasteiger charge is 2.17. The molecule has 0 aliphatic carbocycles. The van der Waals surface area contributed by atoms with Crippen LogP contribution in [-0.2, 0) is 9.53 Å². The molecule has 1 aromatic rings. The number of esters is 1. The van der Waals surface area contributed by atoms with E-state index in [9.17, 15) is 9.59 Å². The Morgan fingerprint density at radius 1 is 1.39 bits per heavy atom. The highest BCUT2D eigenvalue weighted by Crippen LogP contribution is 2.24. The Morgan fingerprint density at radius 3 is 2.56 bits per heavy atom. The molecule has 6 heteroatoms. The van der Waals surface area contributed by atoms with E-state index < -0.39 is 11.9 Å². The molecule has 0 heterocycles. The Labute approximate surface area is 109 Å². The smallest absolute Gasteiger partial charge is 0.373 e. The van der Waals surface area contributed by atoms with Gasteiger partial charge in [0.15, 0.2) is 0 Å². The van der Waals surface area contributed by atoms with Gasteiger partial charge in [-0.25, -0.2) is 9.59 Å². The Hall–Kier alpha value is -2.01. The van der Waals surface area contributed by atoms with Crippen LogP contribution in [0.2, 0.25) is 5.02 Å². The monoisotopic (exact) mass is 270 g/mol. The van der Waals surface area contributed by atoms with E-state index in [0.717, 1.165) is 0 Å². The van der Waals surface area contributed by atoms with Gasteiger partial charge >= 0.3 is 11.9 Å². The summed E-state index contributed by atoms with van der Waals surface area (Å²) in [7, 11) is 1.20. The third kappa shape index (κ3) is 3.24. The average Bonchev–Trinajstić information content (AvgIpc) is 2.36. The summed E-state index contributed by atoms with van der Waals surface area (Å²) in [6, 6.07) is 4.08. The van der Waals surface area contributed by atoms with Crippen LogP contribution in [0.4, 0.5) is 0 Å². The van der Waals surface area contributed by atoms with E-state index in [4.69, 9.17) is 21.4 Å². The molecule has 1 aromatic carbocycles. The number of halogens is 1. The van der Waals surface area contributed by atoms with E-state index in [0.29, 0.717) is 0 Å². The molecule has 0 aliphatic rings. The van der Waals surface area contributed by atoms with Crippen molar-refractivity contribution in [3.63, 3.8) is 0 Å². The van der Waals surface area contributed by atoms with E-state index in [1.54, 1.807) is 6.92 Å². The van der Waals surface area contributed by atoms with Crippen molar-refractivity contribution >= 4 is 23.5 Å². The fraction of sp³-hybridized carbons (Fsp3) is 0.167. The standard InChI is InChI=1S/C12H11ClO5/c1-3-9(12(16)17-2)18-10-5-4-7(13)6-8(10)11(14)15/h3-6H,1-2H3,(H,14,15). The average molecular weight is 271 g/mol. The number of rotatable bonds is 4. The molecule has 0 aromatic heterocycles. The van der Waals surface area contributed by atoms with E-state index in [-0.39, 0.29) is 22.1 Å². The van der Waals surface area contributed by atoms with E-state index in [1.165, 1.54) is 31.4 Å². The lowest BCUT2D eigenvalue weighted by Gasteiger charge is -2.10. The van der Waals surface area contributed by atoms with Crippen molar-refractivity contribution in [2.45, 2.75) is 6.92 Å². The van der Waals surface area contributed by atoms with Crippen molar-refractivity contribution in [1.29, 1.82) is 0 Å². The molecule has 0 saturated carbocycles. The second-order valence-corrected chi connectivity index (χ2v) is 3.63. The normalized spacial score (nSPS) is 10.9. The fourth-order valence-corrected chi connectivity index (χ4v) is 1.37. The molecule has 0 atom stereocenters. The Balaban J connectivity index is 3.11. The topological polar surface area (TPSA) is 72.8 Å². The van der Waals surface area contributed by atoms with E-state index in [2.05, 4.69) is 4.74 Å². The molecule has 0 fully saturated rings. The molecule has 18 heavy (non-hydrogen) atoms. The second-order valence-electron chi connectivity index (χ2n) is 3.19. The first-order valence-corrected chi connectivity index (χ1v) is 5.32.